The molecule has 1 atom stereocenters. The van der Waals surface area contributed by atoms with Crippen LogP contribution >= 0.6 is 0 Å². The highest BCUT2D eigenvalue weighted by Gasteiger charge is 2.51. The molecule has 2 aromatic heterocycles. The fraction of sp³-hybridized carbons (Fsp3) is 0.158. The summed E-state index contributed by atoms with van der Waals surface area (Å²) in [7, 11) is 1.44. The third-order valence-corrected chi connectivity index (χ3v) is 4.70. The Morgan fingerprint density at radius 1 is 1.25 bits per heavy atom. The molecule has 1 aliphatic rings. The summed E-state index contributed by atoms with van der Waals surface area (Å²) in [4.78, 5) is 22.6. The van der Waals surface area contributed by atoms with Gasteiger partial charge in [0, 0.05) is 30.4 Å². The summed E-state index contributed by atoms with van der Waals surface area (Å²) >= 11 is 0. The standard InChI is InChI=1S/C19H15F2N5O2/c1-26-17(27)19(24-18(26)22,12-4-6-23-13(9-12)10-20)14-8-11(2-3-15(14)21)16-5-7-28-25-16/h2-9H,10H2,1H3,(H2,22,24). The Balaban J connectivity index is 2.01. The summed E-state index contributed by atoms with van der Waals surface area (Å²) in [6.07, 6.45) is 2.73. The van der Waals surface area contributed by atoms with Crippen molar-refractivity contribution in [2.24, 2.45) is 10.7 Å². The molecule has 1 aromatic carbocycles. The number of guanidine groups is 1. The van der Waals surface area contributed by atoms with Gasteiger partial charge in [0.2, 0.25) is 0 Å². The third kappa shape index (κ3) is 2.55. The number of benzene rings is 1. The topological polar surface area (TPSA) is 97.6 Å². The number of halogens is 2. The highest BCUT2D eigenvalue weighted by atomic mass is 19.1. The highest BCUT2D eigenvalue weighted by molar-refractivity contribution is 6.09. The number of rotatable bonds is 4. The van der Waals surface area contributed by atoms with Crippen LogP contribution in [-0.2, 0) is 17.0 Å². The van der Waals surface area contributed by atoms with Gasteiger partial charge in [0.05, 0.1) is 5.69 Å². The van der Waals surface area contributed by atoms with E-state index in [2.05, 4.69) is 15.1 Å². The van der Waals surface area contributed by atoms with Crippen LogP contribution in [0.5, 0.6) is 0 Å². The molecular formula is C19H15F2N5O2. The Labute approximate surface area is 158 Å². The van der Waals surface area contributed by atoms with E-state index in [0.717, 1.165) is 4.90 Å². The average molecular weight is 383 g/mol. The highest BCUT2D eigenvalue weighted by Crippen LogP contribution is 2.41. The number of aliphatic imine (C=N–C) groups is 1. The minimum absolute atomic E-state index is 0.0266. The van der Waals surface area contributed by atoms with Crippen LogP contribution in [0.1, 0.15) is 16.8 Å². The number of alkyl halides is 1. The molecule has 0 fully saturated rings. The van der Waals surface area contributed by atoms with Gasteiger partial charge in [-0.15, -0.1) is 0 Å². The lowest BCUT2D eigenvalue weighted by atomic mass is 9.81. The van der Waals surface area contributed by atoms with Crippen molar-refractivity contribution in [2.45, 2.75) is 12.2 Å². The van der Waals surface area contributed by atoms with Crippen molar-refractivity contribution in [3.8, 4) is 11.3 Å². The molecule has 0 saturated heterocycles. The monoisotopic (exact) mass is 383 g/mol. The van der Waals surface area contributed by atoms with E-state index in [1.165, 1.54) is 49.8 Å². The normalized spacial score (nSPS) is 19.2. The maximum absolute atomic E-state index is 15.0. The zero-order chi connectivity index (χ0) is 19.9. The fourth-order valence-electron chi connectivity index (χ4n) is 3.26. The van der Waals surface area contributed by atoms with Crippen molar-refractivity contribution in [3.63, 3.8) is 0 Å². The van der Waals surface area contributed by atoms with Crippen LogP contribution in [0.25, 0.3) is 11.3 Å². The Morgan fingerprint density at radius 3 is 2.71 bits per heavy atom. The second kappa shape index (κ2) is 6.52. The first-order valence-corrected chi connectivity index (χ1v) is 8.33. The van der Waals surface area contributed by atoms with E-state index in [9.17, 15) is 13.6 Å². The summed E-state index contributed by atoms with van der Waals surface area (Å²) in [5, 5.41) is 3.84. The largest absolute Gasteiger partial charge is 0.369 e. The minimum Gasteiger partial charge on any atom is -0.369 e. The minimum atomic E-state index is -1.80. The summed E-state index contributed by atoms with van der Waals surface area (Å²) in [6.45, 7) is -0.839. The van der Waals surface area contributed by atoms with Crippen molar-refractivity contribution in [3.05, 3.63) is 71.5 Å². The zero-order valence-corrected chi connectivity index (χ0v) is 14.8. The van der Waals surface area contributed by atoms with Gasteiger partial charge in [-0.3, -0.25) is 14.7 Å². The lowest BCUT2D eigenvalue weighted by molar-refractivity contribution is -0.129. The van der Waals surface area contributed by atoms with E-state index < -0.39 is 23.9 Å². The van der Waals surface area contributed by atoms with Crippen molar-refractivity contribution >= 4 is 11.9 Å². The first-order valence-electron chi connectivity index (χ1n) is 8.33. The van der Waals surface area contributed by atoms with Crippen molar-refractivity contribution in [1.29, 1.82) is 0 Å². The van der Waals surface area contributed by atoms with Gasteiger partial charge in [-0.25, -0.2) is 13.8 Å². The number of nitrogens with zero attached hydrogens (tertiary/aromatic N) is 4. The van der Waals surface area contributed by atoms with E-state index in [1.54, 1.807) is 6.07 Å². The number of nitrogens with two attached hydrogens (primary N) is 1. The second-order valence-electron chi connectivity index (χ2n) is 6.29. The molecule has 7 nitrogen and oxygen atoms in total. The van der Waals surface area contributed by atoms with Crippen molar-refractivity contribution in [1.82, 2.24) is 15.0 Å². The fourth-order valence-corrected chi connectivity index (χ4v) is 3.26. The first-order chi connectivity index (χ1) is 13.5. The van der Waals surface area contributed by atoms with Crippen LogP contribution in [0.2, 0.25) is 0 Å². The molecule has 4 rings (SSSR count). The lowest BCUT2D eigenvalue weighted by Crippen LogP contribution is -2.41. The Hall–Kier alpha value is -3.62. The van der Waals surface area contributed by atoms with Crippen LogP contribution in [0.4, 0.5) is 8.78 Å². The van der Waals surface area contributed by atoms with E-state index >= 15 is 0 Å². The first kappa shape index (κ1) is 17.8. The average Bonchev–Trinajstić information content (AvgIpc) is 3.32. The summed E-state index contributed by atoms with van der Waals surface area (Å²) in [5.74, 6) is -1.29. The number of likely N-dealkylation sites (N-methyl/N-ethyl adjacent to an activating group) is 1. The summed E-state index contributed by atoms with van der Waals surface area (Å²) < 4.78 is 33.0. The number of carbonyl (C=O) groups is 1. The maximum Gasteiger partial charge on any atom is 0.266 e. The smallest absolute Gasteiger partial charge is 0.266 e. The number of carbonyl (C=O) groups excluding carboxylic acids is 1. The molecule has 2 N–H and O–H groups in total. The SMILES string of the molecule is CN1C(=O)C(c2ccnc(CF)c2)(c2cc(-c3ccon3)ccc2F)N=C1N. The van der Waals surface area contributed by atoms with Gasteiger partial charge in [0.15, 0.2) is 11.5 Å². The molecule has 142 valence electrons. The molecule has 1 unspecified atom stereocenters. The Bertz CT molecular complexity index is 1080. The van der Waals surface area contributed by atoms with Gasteiger partial charge in [0.25, 0.3) is 5.91 Å². The molecule has 0 saturated carbocycles. The van der Waals surface area contributed by atoms with Gasteiger partial charge in [0.1, 0.15) is 24.4 Å². The van der Waals surface area contributed by atoms with Crippen molar-refractivity contribution < 1.29 is 18.1 Å². The number of aromatic nitrogens is 2. The van der Waals surface area contributed by atoms with Crippen molar-refractivity contribution in [2.75, 3.05) is 7.05 Å². The molecule has 28 heavy (non-hydrogen) atoms. The van der Waals surface area contributed by atoms with Crippen LogP contribution in [-0.4, -0.2) is 34.0 Å². The van der Waals surface area contributed by atoms with E-state index in [0.29, 0.717) is 11.3 Å². The molecule has 0 spiro atoms. The molecular weight excluding hydrogens is 368 g/mol. The number of pyridine rings is 1. The predicted molar refractivity (Wildman–Crippen MR) is 96.1 cm³/mol. The van der Waals surface area contributed by atoms with Crippen LogP contribution in [0.15, 0.2) is 58.4 Å². The van der Waals surface area contributed by atoms with Gasteiger partial charge >= 0.3 is 0 Å². The quantitative estimate of drug-likeness (QED) is 0.746. The van der Waals surface area contributed by atoms with Crippen LogP contribution in [0.3, 0.4) is 0 Å². The van der Waals surface area contributed by atoms with E-state index in [-0.39, 0.29) is 22.8 Å². The summed E-state index contributed by atoms with van der Waals surface area (Å²) in [5.41, 5.74) is 5.42. The molecule has 0 radical (unpaired) electrons. The number of hydrogen-bond acceptors (Lipinski definition) is 6. The van der Waals surface area contributed by atoms with Gasteiger partial charge < -0.3 is 10.3 Å². The number of hydrogen-bond donors (Lipinski definition) is 1. The molecule has 3 aromatic rings. The van der Waals surface area contributed by atoms with E-state index in [1.807, 2.05) is 0 Å². The Kier molecular flexibility index (Phi) is 4.14. The number of amides is 1. The third-order valence-electron chi connectivity index (χ3n) is 4.70. The van der Waals surface area contributed by atoms with Crippen LogP contribution < -0.4 is 5.73 Å². The lowest BCUT2D eigenvalue weighted by Gasteiger charge is -2.27. The summed E-state index contributed by atoms with van der Waals surface area (Å²) in [6, 6.07) is 8.69. The van der Waals surface area contributed by atoms with E-state index in [4.69, 9.17) is 10.3 Å². The molecule has 1 amide bonds. The zero-order valence-electron chi connectivity index (χ0n) is 14.8. The Morgan fingerprint density at radius 2 is 2.07 bits per heavy atom. The van der Waals surface area contributed by atoms with Gasteiger partial charge in [-0.05, 0) is 35.9 Å². The molecule has 1 aliphatic heterocycles. The second-order valence-corrected chi connectivity index (χ2v) is 6.29. The van der Waals surface area contributed by atoms with Gasteiger partial charge in [-0.2, -0.15) is 0 Å². The molecule has 0 bridgehead atoms. The maximum atomic E-state index is 15.0. The molecule has 3 heterocycles. The predicted octanol–water partition coefficient (Wildman–Crippen LogP) is 2.38. The van der Waals surface area contributed by atoms with Gasteiger partial charge in [-0.1, -0.05) is 5.16 Å². The molecule has 0 aliphatic carbocycles. The van der Waals surface area contributed by atoms with Crippen LogP contribution in [0, 0.1) is 5.82 Å². The molecule has 9 heteroatoms.